The second-order valence-electron chi connectivity index (χ2n) is 2.12. The van der Waals surface area contributed by atoms with Crippen molar-refractivity contribution in [3.8, 4) is 0 Å². The van der Waals surface area contributed by atoms with E-state index in [1.165, 1.54) is 0 Å². The Morgan fingerprint density at radius 2 is 2.36 bits per heavy atom. The molecule has 4 heteroatoms. The number of rotatable bonds is 1. The fourth-order valence-corrected chi connectivity index (χ4v) is 0.947. The van der Waals surface area contributed by atoms with Gasteiger partial charge in [-0.3, -0.25) is 4.79 Å². The van der Waals surface area contributed by atoms with E-state index in [-0.39, 0.29) is 0 Å². The molecule has 0 aliphatic carbocycles. The van der Waals surface area contributed by atoms with Gasteiger partial charge in [0.05, 0.1) is 5.52 Å². The maximum atomic E-state index is 10.4. The number of carbonyl (C=O) groups excluding carboxylic acids is 1. The maximum Gasteiger partial charge on any atom is 0.172 e. The average molecular weight is 147 g/mol. The van der Waals surface area contributed by atoms with Crippen LogP contribution in [0.2, 0.25) is 0 Å². The van der Waals surface area contributed by atoms with E-state index in [4.69, 9.17) is 0 Å². The molecule has 0 aliphatic heterocycles. The molecule has 4 nitrogen and oxygen atoms in total. The Kier molecular flexibility index (Phi) is 1.18. The third kappa shape index (κ3) is 0.797. The zero-order chi connectivity index (χ0) is 7.68. The van der Waals surface area contributed by atoms with Gasteiger partial charge in [0.2, 0.25) is 0 Å². The van der Waals surface area contributed by atoms with Crippen molar-refractivity contribution in [1.29, 1.82) is 0 Å². The first-order valence-electron chi connectivity index (χ1n) is 3.17. The zero-order valence-electron chi connectivity index (χ0n) is 5.64. The van der Waals surface area contributed by atoms with Crippen LogP contribution in [0.15, 0.2) is 24.4 Å². The monoisotopic (exact) mass is 147 g/mol. The molecular weight excluding hydrogens is 142 g/mol. The van der Waals surface area contributed by atoms with Crippen LogP contribution in [0.4, 0.5) is 0 Å². The van der Waals surface area contributed by atoms with Gasteiger partial charge in [-0.25, -0.2) is 4.52 Å². The third-order valence-corrected chi connectivity index (χ3v) is 1.46. The maximum absolute atomic E-state index is 10.4. The molecule has 11 heavy (non-hydrogen) atoms. The highest BCUT2D eigenvalue weighted by molar-refractivity contribution is 5.82. The Hall–Kier alpha value is -1.71. The molecule has 0 unspecified atom stereocenters. The molecule has 0 saturated heterocycles. The van der Waals surface area contributed by atoms with Crippen LogP contribution in [0, 0.1) is 0 Å². The van der Waals surface area contributed by atoms with Gasteiger partial charge in [-0.05, 0) is 12.1 Å². The molecule has 0 radical (unpaired) electrons. The van der Waals surface area contributed by atoms with Crippen molar-refractivity contribution in [1.82, 2.24) is 14.8 Å². The summed E-state index contributed by atoms with van der Waals surface area (Å²) in [5.41, 5.74) is 1.12. The second-order valence-corrected chi connectivity index (χ2v) is 2.12. The minimum atomic E-state index is 0.380. The van der Waals surface area contributed by atoms with Crippen LogP contribution >= 0.6 is 0 Å². The molecule has 54 valence electrons. The summed E-state index contributed by atoms with van der Waals surface area (Å²) in [5.74, 6) is 0. The highest BCUT2D eigenvalue weighted by Gasteiger charge is 2.01. The lowest BCUT2D eigenvalue weighted by molar-refractivity contribution is 0.112. The number of aldehydes is 1. The first-order chi connectivity index (χ1) is 5.42. The molecule has 0 fully saturated rings. The zero-order valence-corrected chi connectivity index (χ0v) is 5.64. The largest absolute Gasteiger partial charge is 0.296 e. The number of aromatic nitrogens is 3. The van der Waals surface area contributed by atoms with E-state index in [1.54, 1.807) is 16.8 Å². The molecule has 0 saturated carbocycles. The van der Waals surface area contributed by atoms with E-state index in [0.29, 0.717) is 12.0 Å². The standard InChI is InChI=1S/C7H5N3O/c11-5-6-7-3-1-2-4-10(7)9-8-6/h1-5H. The minimum Gasteiger partial charge on any atom is -0.296 e. The average Bonchev–Trinajstić information content (AvgIpc) is 2.47. The van der Waals surface area contributed by atoms with Gasteiger partial charge in [0, 0.05) is 6.20 Å². The lowest BCUT2D eigenvalue weighted by atomic mass is 10.3. The SMILES string of the molecule is O=Cc1nnn2ccccc12. The van der Waals surface area contributed by atoms with Crippen molar-refractivity contribution in [3.05, 3.63) is 30.1 Å². The van der Waals surface area contributed by atoms with E-state index in [9.17, 15) is 4.79 Å². The molecule has 0 amide bonds. The van der Waals surface area contributed by atoms with Gasteiger partial charge in [-0.1, -0.05) is 11.3 Å². The van der Waals surface area contributed by atoms with Gasteiger partial charge in [-0.2, -0.15) is 0 Å². The van der Waals surface area contributed by atoms with Crippen molar-refractivity contribution in [2.24, 2.45) is 0 Å². The normalized spacial score (nSPS) is 10.2. The quantitative estimate of drug-likeness (QED) is 0.553. The molecule has 2 aromatic heterocycles. The first-order valence-corrected chi connectivity index (χ1v) is 3.17. The topological polar surface area (TPSA) is 47.3 Å². The van der Waals surface area contributed by atoms with Crippen LogP contribution in [0.1, 0.15) is 10.5 Å². The molecule has 0 atom stereocenters. The second kappa shape index (κ2) is 2.16. The van der Waals surface area contributed by atoms with Gasteiger partial charge in [-0.15, -0.1) is 5.10 Å². The lowest BCUT2D eigenvalue weighted by Gasteiger charge is -1.86. The number of carbonyl (C=O) groups is 1. The summed E-state index contributed by atoms with van der Waals surface area (Å²) in [5, 5.41) is 7.38. The van der Waals surface area contributed by atoms with Crippen LogP contribution in [0.3, 0.4) is 0 Å². The Bertz CT molecular complexity index is 393. The molecule has 0 spiro atoms. The van der Waals surface area contributed by atoms with Gasteiger partial charge >= 0.3 is 0 Å². The predicted octanol–water partition coefficient (Wildman–Crippen LogP) is 0.542. The van der Waals surface area contributed by atoms with Crippen LogP contribution in [-0.4, -0.2) is 21.1 Å². The number of nitrogens with zero attached hydrogens (tertiary/aromatic N) is 3. The van der Waals surface area contributed by atoms with Crippen LogP contribution < -0.4 is 0 Å². The van der Waals surface area contributed by atoms with Crippen molar-refractivity contribution in [2.45, 2.75) is 0 Å². The summed E-state index contributed by atoms with van der Waals surface area (Å²) in [6.07, 6.45) is 2.44. The minimum absolute atomic E-state index is 0.380. The van der Waals surface area contributed by atoms with Crippen LogP contribution in [0.5, 0.6) is 0 Å². The Balaban J connectivity index is 2.86. The summed E-state index contributed by atoms with van der Waals surface area (Å²) in [6, 6.07) is 5.46. The van der Waals surface area contributed by atoms with Gasteiger partial charge < -0.3 is 0 Å². The summed E-state index contributed by atoms with van der Waals surface area (Å²) in [4.78, 5) is 10.4. The summed E-state index contributed by atoms with van der Waals surface area (Å²) in [7, 11) is 0. The number of hydrogen-bond acceptors (Lipinski definition) is 3. The molecule has 0 aliphatic rings. The Labute approximate surface area is 62.5 Å². The molecule has 2 aromatic rings. The van der Waals surface area contributed by atoms with Gasteiger partial charge in [0.25, 0.3) is 0 Å². The van der Waals surface area contributed by atoms with E-state index < -0.39 is 0 Å². The van der Waals surface area contributed by atoms with Crippen molar-refractivity contribution >= 4 is 11.8 Å². The van der Waals surface area contributed by atoms with Crippen molar-refractivity contribution in [3.63, 3.8) is 0 Å². The van der Waals surface area contributed by atoms with Gasteiger partial charge in [0.15, 0.2) is 12.0 Å². The van der Waals surface area contributed by atoms with E-state index in [2.05, 4.69) is 10.3 Å². The number of hydrogen-bond donors (Lipinski definition) is 0. The molecule has 0 bridgehead atoms. The first kappa shape index (κ1) is 6.03. The number of pyridine rings is 1. The number of fused-ring (bicyclic) bond motifs is 1. The summed E-state index contributed by atoms with van der Waals surface area (Å²) >= 11 is 0. The van der Waals surface area contributed by atoms with E-state index in [1.807, 2.05) is 12.1 Å². The predicted molar refractivity (Wildman–Crippen MR) is 38.4 cm³/mol. The van der Waals surface area contributed by atoms with Crippen molar-refractivity contribution in [2.75, 3.05) is 0 Å². The van der Waals surface area contributed by atoms with E-state index >= 15 is 0 Å². The lowest BCUT2D eigenvalue weighted by Crippen LogP contribution is -1.83. The van der Waals surface area contributed by atoms with Crippen molar-refractivity contribution < 1.29 is 4.79 Å². The highest BCUT2D eigenvalue weighted by atomic mass is 16.1. The third-order valence-electron chi connectivity index (χ3n) is 1.46. The molecular formula is C7H5N3O. The molecule has 0 aromatic carbocycles. The highest BCUT2D eigenvalue weighted by Crippen LogP contribution is 2.02. The van der Waals surface area contributed by atoms with Crippen LogP contribution in [-0.2, 0) is 0 Å². The fourth-order valence-electron chi connectivity index (χ4n) is 0.947. The molecule has 2 heterocycles. The molecule has 0 N–H and O–H groups in total. The Morgan fingerprint density at radius 3 is 3.18 bits per heavy atom. The van der Waals surface area contributed by atoms with Gasteiger partial charge in [0.1, 0.15) is 0 Å². The smallest absolute Gasteiger partial charge is 0.172 e. The molecule has 2 rings (SSSR count). The fraction of sp³-hybridized carbons (Fsp3) is 0. The van der Waals surface area contributed by atoms with Crippen LogP contribution in [0.25, 0.3) is 5.52 Å². The van der Waals surface area contributed by atoms with E-state index in [0.717, 1.165) is 5.52 Å². The summed E-state index contributed by atoms with van der Waals surface area (Å²) in [6.45, 7) is 0. The summed E-state index contributed by atoms with van der Waals surface area (Å²) < 4.78 is 1.56. The Morgan fingerprint density at radius 1 is 1.45 bits per heavy atom.